The zero-order valence-corrected chi connectivity index (χ0v) is 12.2. The minimum absolute atomic E-state index is 0.0912. The molecule has 1 saturated carbocycles. The standard InChI is InChI=1S/C15H18N2O5/c1-10-5-7-15(8-6-10,14(19)20)16-13(18)11-3-2-4-12(9-11)17(21)22/h2-4,9-10H,5-8H2,1H3,(H,16,18)(H,19,20). The summed E-state index contributed by atoms with van der Waals surface area (Å²) < 4.78 is 0. The largest absolute Gasteiger partial charge is 0.480 e. The van der Waals surface area contributed by atoms with Crippen LogP contribution in [0.1, 0.15) is 43.0 Å². The molecule has 7 heteroatoms. The van der Waals surface area contributed by atoms with Crippen LogP contribution in [0.15, 0.2) is 24.3 Å². The molecule has 1 amide bonds. The second kappa shape index (κ2) is 6.13. The lowest BCUT2D eigenvalue weighted by Gasteiger charge is -2.36. The molecule has 0 bridgehead atoms. The van der Waals surface area contributed by atoms with Crippen LogP contribution in [0.4, 0.5) is 5.69 Å². The first kappa shape index (κ1) is 15.9. The SMILES string of the molecule is CC1CCC(NC(=O)c2cccc([N+](=O)[O-])c2)(C(=O)O)CC1. The Morgan fingerprint density at radius 2 is 2.00 bits per heavy atom. The van der Waals surface area contributed by atoms with Crippen molar-refractivity contribution in [2.24, 2.45) is 5.92 Å². The minimum atomic E-state index is -1.28. The maximum Gasteiger partial charge on any atom is 0.329 e. The van der Waals surface area contributed by atoms with Crippen molar-refractivity contribution in [3.05, 3.63) is 39.9 Å². The summed E-state index contributed by atoms with van der Waals surface area (Å²) in [6.45, 7) is 2.05. The summed E-state index contributed by atoms with van der Waals surface area (Å²) in [5, 5.41) is 22.8. The first-order chi connectivity index (χ1) is 10.3. The van der Waals surface area contributed by atoms with Gasteiger partial charge in [-0.3, -0.25) is 14.9 Å². The fourth-order valence-corrected chi connectivity index (χ4v) is 2.70. The zero-order chi connectivity index (χ0) is 16.3. The molecule has 7 nitrogen and oxygen atoms in total. The van der Waals surface area contributed by atoms with E-state index in [0.717, 1.165) is 18.9 Å². The third-order valence-electron chi connectivity index (χ3n) is 4.21. The summed E-state index contributed by atoms with van der Waals surface area (Å²) in [5.74, 6) is -1.22. The van der Waals surface area contributed by atoms with Crippen molar-refractivity contribution in [2.45, 2.75) is 38.1 Å². The highest BCUT2D eigenvalue weighted by atomic mass is 16.6. The molecule has 22 heavy (non-hydrogen) atoms. The Balaban J connectivity index is 2.20. The number of nitrogens with one attached hydrogen (secondary N) is 1. The number of aliphatic carboxylic acids is 1. The van der Waals surface area contributed by atoms with E-state index in [1.54, 1.807) is 0 Å². The molecule has 0 atom stereocenters. The van der Waals surface area contributed by atoms with Gasteiger partial charge < -0.3 is 10.4 Å². The molecule has 0 saturated heterocycles. The van der Waals surface area contributed by atoms with Crippen LogP contribution in [0.2, 0.25) is 0 Å². The van der Waals surface area contributed by atoms with Crippen LogP contribution in [0.25, 0.3) is 0 Å². The first-order valence-electron chi connectivity index (χ1n) is 7.14. The highest BCUT2D eigenvalue weighted by Gasteiger charge is 2.42. The number of carboxylic acids is 1. The van der Waals surface area contributed by atoms with E-state index >= 15 is 0 Å². The molecule has 0 spiro atoms. The van der Waals surface area contributed by atoms with Gasteiger partial charge in [-0.15, -0.1) is 0 Å². The molecule has 0 aromatic heterocycles. The van der Waals surface area contributed by atoms with E-state index < -0.39 is 22.3 Å². The molecule has 118 valence electrons. The maximum atomic E-state index is 12.3. The predicted octanol–water partition coefficient (Wildman–Crippen LogP) is 2.36. The summed E-state index contributed by atoms with van der Waals surface area (Å²) in [5.41, 5.74) is -1.39. The fourth-order valence-electron chi connectivity index (χ4n) is 2.70. The highest BCUT2D eigenvalue weighted by molar-refractivity contribution is 5.98. The van der Waals surface area contributed by atoms with E-state index in [-0.39, 0.29) is 11.3 Å². The van der Waals surface area contributed by atoms with Gasteiger partial charge in [0.2, 0.25) is 0 Å². The Labute approximate surface area is 127 Å². The number of nitrogens with zero attached hydrogens (tertiary/aromatic N) is 1. The molecule has 0 aliphatic heterocycles. The maximum absolute atomic E-state index is 12.3. The van der Waals surface area contributed by atoms with Crippen LogP contribution < -0.4 is 5.32 Å². The number of rotatable bonds is 4. The lowest BCUT2D eigenvalue weighted by molar-refractivity contribution is -0.384. The average molecular weight is 306 g/mol. The summed E-state index contributed by atoms with van der Waals surface area (Å²) in [6.07, 6.45) is 2.18. The summed E-state index contributed by atoms with van der Waals surface area (Å²) in [7, 11) is 0. The predicted molar refractivity (Wildman–Crippen MR) is 78.6 cm³/mol. The number of benzene rings is 1. The van der Waals surface area contributed by atoms with E-state index in [1.165, 1.54) is 18.2 Å². The van der Waals surface area contributed by atoms with Crippen molar-refractivity contribution in [1.29, 1.82) is 0 Å². The van der Waals surface area contributed by atoms with Gasteiger partial charge in [-0.1, -0.05) is 13.0 Å². The topological polar surface area (TPSA) is 110 Å². The molecule has 1 aromatic rings. The zero-order valence-electron chi connectivity index (χ0n) is 12.2. The second-order valence-electron chi connectivity index (χ2n) is 5.83. The van der Waals surface area contributed by atoms with Crippen molar-refractivity contribution >= 4 is 17.6 Å². The molecule has 2 rings (SSSR count). The van der Waals surface area contributed by atoms with Gasteiger partial charge >= 0.3 is 5.97 Å². The number of hydrogen-bond donors (Lipinski definition) is 2. The molecule has 0 unspecified atom stereocenters. The van der Waals surface area contributed by atoms with Crippen LogP contribution in [-0.4, -0.2) is 27.4 Å². The molecular weight excluding hydrogens is 288 g/mol. The van der Waals surface area contributed by atoms with Gasteiger partial charge in [-0.25, -0.2) is 4.79 Å². The van der Waals surface area contributed by atoms with Gasteiger partial charge in [-0.05, 0) is 37.7 Å². The van der Waals surface area contributed by atoms with Crippen molar-refractivity contribution < 1.29 is 19.6 Å². The number of nitro groups is 1. The third-order valence-corrected chi connectivity index (χ3v) is 4.21. The number of non-ortho nitro benzene ring substituents is 1. The van der Waals surface area contributed by atoms with Crippen molar-refractivity contribution in [1.82, 2.24) is 5.32 Å². The summed E-state index contributed by atoms with van der Waals surface area (Å²) in [4.78, 5) is 34.0. The number of carbonyl (C=O) groups excluding carboxylic acids is 1. The molecule has 0 radical (unpaired) electrons. The van der Waals surface area contributed by atoms with Crippen LogP contribution >= 0.6 is 0 Å². The van der Waals surface area contributed by atoms with E-state index in [9.17, 15) is 24.8 Å². The minimum Gasteiger partial charge on any atom is -0.480 e. The Morgan fingerprint density at radius 1 is 1.36 bits per heavy atom. The van der Waals surface area contributed by atoms with Gasteiger partial charge in [0.05, 0.1) is 4.92 Å². The van der Waals surface area contributed by atoms with Crippen molar-refractivity contribution in [2.75, 3.05) is 0 Å². The van der Waals surface area contributed by atoms with Gasteiger partial charge in [0.15, 0.2) is 0 Å². The van der Waals surface area contributed by atoms with Gasteiger partial charge in [-0.2, -0.15) is 0 Å². The van der Waals surface area contributed by atoms with Gasteiger partial charge in [0.1, 0.15) is 5.54 Å². The fraction of sp³-hybridized carbons (Fsp3) is 0.467. The number of carbonyl (C=O) groups is 2. The third kappa shape index (κ3) is 3.24. The molecule has 1 fully saturated rings. The van der Waals surface area contributed by atoms with E-state index in [1.807, 2.05) is 6.92 Å². The first-order valence-corrected chi connectivity index (χ1v) is 7.14. The summed E-state index contributed by atoms with van der Waals surface area (Å²) >= 11 is 0. The van der Waals surface area contributed by atoms with Crippen LogP contribution in [0.5, 0.6) is 0 Å². The molecular formula is C15H18N2O5. The van der Waals surface area contributed by atoms with Gasteiger partial charge in [0, 0.05) is 17.7 Å². The molecule has 1 aromatic carbocycles. The molecule has 1 aliphatic rings. The lowest BCUT2D eigenvalue weighted by atomic mass is 9.77. The lowest BCUT2D eigenvalue weighted by Crippen LogP contribution is -2.56. The molecule has 0 heterocycles. The molecule has 2 N–H and O–H groups in total. The quantitative estimate of drug-likeness (QED) is 0.655. The van der Waals surface area contributed by atoms with E-state index in [4.69, 9.17) is 0 Å². The van der Waals surface area contributed by atoms with E-state index in [2.05, 4.69) is 5.32 Å². The monoisotopic (exact) mass is 306 g/mol. The number of hydrogen-bond acceptors (Lipinski definition) is 4. The Morgan fingerprint density at radius 3 is 2.55 bits per heavy atom. The summed E-state index contributed by atoms with van der Waals surface area (Å²) in [6, 6.07) is 5.27. The van der Waals surface area contributed by atoms with Gasteiger partial charge in [0.25, 0.3) is 11.6 Å². The smallest absolute Gasteiger partial charge is 0.329 e. The Hall–Kier alpha value is -2.44. The normalized spacial score (nSPS) is 24.5. The number of carboxylic acid groups (broad SMARTS) is 1. The van der Waals surface area contributed by atoms with Crippen LogP contribution in [0.3, 0.4) is 0 Å². The Kier molecular flexibility index (Phi) is 4.44. The molecule has 1 aliphatic carbocycles. The highest BCUT2D eigenvalue weighted by Crippen LogP contribution is 2.32. The second-order valence-corrected chi connectivity index (χ2v) is 5.83. The van der Waals surface area contributed by atoms with Crippen LogP contribution in [-0.2, 0) is 4.79 Å². The number of amides is 1. The number of nitro benzene ring substituents is 1. The van der Waals surface area contributed by atoms with Crippen LogP contribution in [0, 0.1) is 16.0 Å². The van der Waals surface area contributed by atoms with Crippen molar-refractivity contribution in [3.63, 3.8) is 0 Å². The van der Waals surface area contributed by atoms with E-state index in [0.29, 0.717) is 18.8 Å². The average Bonchev–Trinajstić information content (AvgIpc) is 2.49. The van der Waals surface area contributed by atoms with Crippen molar-refractivity contribution in [3.8, 4) is 0 Å². The Bertz CT molecular complexity index is 606.